The van der Waals surface area contributed by atoms with Gasteiger partial charge in [-0.05, 0) is 43.0 Å². The second kappa shape index (κ2) is 7.90. The number of amides is 1. The van der Waals surface area contributed by atoms with Gasteiger partial charge in [0.25, 0.3) is 5.91 Å². The fourth-order valence-corrected chi connectivity index (χ4v) is 1.84. The molecule has 0 radical (unpaired) electrons. The Labute approximate surface area is 124 Å². The SMILES string of the molecule is Cc1ccc(OCC(=O)NC(CC(C)C)C(=O)Cl)cc1. The maximum atomic E-state index is 11.7. The van der Waals surface area contributed by atoms with Gasteiger partial charge in [-0.3, -0.25) is 9.59 Å². The van der Waals surface area contributed by atoms with Crippen LogP contribution in [0.1, 0.15) is 25.8 Å². The minimum Gasteiger partial charge on any atom is -0.484 e. The number of hydrogen-bond donors (Lipinski definition) is 1. The molecule has 1 N–H and O–H groups in total. The van der Waals surface area contributed by atoms with E-state index >= 15 is 0 Å². The quantitative estimate of drug-likeness (QED) is 0.787. The normalized spacial score (nSPS) is 12.1. The zero-order valence-electron chi connectivity index (χ0n) is 12.0. The summed E-state index contributed by atoms with van der Waals surface area (Å²) in [6.07, 6.45) is 0.513. The van der Waals surface area contributed by atoms with Crippen molar-refractivity contribution in [3.05, 3.63) is 29.8 Å². The van der Waals surface area contributed by atoms with Gasteiger partial charge >= 0.3 is 0 Å². The summed E-state index contributed by atoms with van der Waals surface area (Å²) in [5.74, 6) is 0.523. The standard InChI is InChI=1S/C15H20ClNO3/c1-10(2)8-13(15(16)19)17-14(18)9-20-12-6-4-11(3)5-7-12/h4-7,10,13H,8-9H2,1-3H3,(H,17,18). The van der Waals surface area contributed by atoms with Crippen molar-refractivity contribution >= 4 is 22.8 Å². The van der Waals surface area contributed by atoms with E-state index in [1.54, 1.807) is 12.1 Å². The highest BCUT2D eigenvalue weighted by molar-refractivity contribution is 6.64. The second-order valence-electron chi connectivity index (χ2n) is 5.16. The Morgan fingerprint density at radius 2 is 1.85 bits per heavy atom. The first-order valence-electron chi connectivity index (χ1n) is 6.56. The average molecular weight is 298 g/mol. The van der Waals surface area contributed by atoms with Crippen LogP contribution in [0, 0.1) is 12.8 Å². The summed E-state index contributed by atoms with van der Waals surface area (Å²) < 4.78 is 5.34. The highest BCUT2D eigenvalue weighted by Gasteiger charge is 2.20. The molecule has 1 aromatic carbocycles. The van der Waals surface area contributed by atoms with Crippen molar-refractivity contribution in [3.63, 3.8) is 0 Å². The third-order valence-electron chi connectivity index (χ3n) is 2.71. The Bertz CT molecular complexity index is 457. The van der Waals surface area contributed by atoms with Gasteiger partial charge in [0.1, 0.15) is 11.8 Å². The van der Waals surface area contributed by atoms with Gasteiger partial charge in [0, 0.05) is 0 Å². The van der Waals surface area contributed by atoms with E-state index < -0.39 is 11.3 Å². The first-order valence-corrected chi connectivity index (χ1v) is 6.94. The number of rotatable bonds is 7. The monoisotopic (exact) mass is 297 g/mol. The minimum absolute atomic E-state index is 0.137. The summed E-state index contributed by atoms with van der Waals surface area (Å²) >= 11 is 5.47. The molecule has 1 aromatic rings. The Kier molecular flexibility index (Phi) is 6.52. The van der Waals surface area contributed by atoms with Crippen molar-refractivity contribution in [2.45, 2.75) is 33.2 Å². The van der Waals surface area contributed by atoms with Crippen LogP contribution in [0.3, 0.4) is 0 Å². The van der Waals surface area contributed by atoms with E-state index in [9.17, 15) is 9.59 Å². The van der Waals surface area contributed by atoms with Crippen molar-refractivity contribution in [1.29, 1.82) is 0 Å². The molecule has 0 aliphatic carbocycles. The summed E-state index contributed by atoms with van der Waals surface area (Å²) in [5.41, 5.74) is 1.12. The van der Waals surface area contributed by atoms with Gasteiger partial charge in [0.2, 0.25) is 5.24 Å². The number of ether oxygens (including phenoxy) is 1. The number of aryl methyl sites for hydroxylation is 1. The van der Waals surface area contributed by atoms with E-state index in [1.807, 2.05) is 32.9 Å². The lowest BCUT2D eigenvalue weighted by atomic mass is 10.0. The van der Waals surface area contributed by atoms with E-state index in [0.717, 1.165) is 5.56 Å². The molecule has 0 saturated carbocycles. The number of hydrogen-bond acceptors (Lipinski definition) is 3. The van der Waals surface area contributed by atoms with Crippen LogP contribution in [0.25, 0.3) is 0 Å². The maximum absolute atomic E-state index is 11.7. The zero-order chi connectivity index (χ0) is 15.1. The van der Waals surface area contributed by atoms with Crippen molar-refractivity contribution in [2.24, 2.45) is 5.92 Å². The Morgan fingerprint density at radius 1 is 1.25 bits per heavy atom. The molecule has 0 heterocycles. The molecule has 0 spiro atoms. The Morgan fingerprint density at radius 3 is 2.35 bits per heavy atom. The van der Waals surface area contributed by atoms with Crippen LogP contribution in [0.2, 0.25) is 0 Å². The predicted molar refractivity (Wildman–Crippen MR) is 78.9 cm³/mol. The largest absolute Gasteiger partial charge is 0.484 e. The van der Waals surface area contributed by atoms with Crippen LogP contribution in [-0.4, -0.2) is 23.8 Å². The second-order valence-corrected chi connectivity index (χ2v) is 5.53. The minimum atomic E-state index is -0.661. The number of carbonyl (C=O) groups is 2. The third-order valence-corrected chi connectivity index (χ3v) is 2.97. The van der Waals surface area contributed by atoms with E-state index in [4.69, 9.17) is 16.3 Å². The van der Waals surface area contributed by atoms with Gasteiger partial charge in [-0.25, -0.2) is 0 Å². The van der Waals surface area contributed by atoms with Gasteiger partial charge in [0.05, 0.1) is 0 Å². The van der Waals surface area contributed by atoms with Crippen LogP contribution in [-0.2, 0) is 9.59 Å². The molecule has 0 aliphatic rings. The molecule has 0 fully saturated rings. The van der Waals surface area contributed by atoms with Gasteiger partial charge in [-0.2, -0.15) is 0 Å². The topological polar surface area (TPSA) is 55.4 Å². The van der Waals surface area contributed by atoms with Crippen LogP contribution in [0.15, 0.2) is 24.3 Å². The summed E-state index contributed by atoms with van der Waals surface area (Å²) in [6, 6.07) is 6.72. The van der Waals surface area contributed by atoms with Gasteiger partial charge < -0.3 is 10.1 Å². The van der Waals surface area contributed by atoms with Crippen molar-refractivity contribution in [3.8, 4) is 5.75 Å². The maximum Gasteiger partial charge on any atom is 0.258 e. The predicted octanol–water partition coefficient (Wildman–Crippen LogP) is 2.67. The lowest BCUT2D eigenvalue weighted by molar-refractivity contribution is -0.126. The fraction of sp³-hybridized carbons (Fsp3) is 0.467. The molecule has 1 unspecified atom stereocenters. The molecule has 4 nitrogen and oxygen atoms in total. The number of nitrogens with one attached hydrogen (secondary N) is 1. The highest BCUT2D eigenvalue weighted by atomic mass is 35.5. The first kappa shape index (κ1) is 16.5. The van der Waals surface area contributed by atoms with Crippen LogP contribution >= 0.6 is 11.6 Å². The molecule has 1 atom stereocenters. The molecule has 1 amide bonds. The summed E-state index contributed by atoms with van der Waals surface area (Å²) in [5, 5.41) is 2.03. The first-order chi connectivity index (χ1) is 9.38. The lowest BCUT2D eigenvalue weighted by Gasteiger charge is -2.16. The molecule has 0 aromatic heterocycles. The average Bonchev–Trinajstić information content (AvgIpc) is 2.36. The molecule has 1 rings (SSSR count). The molecule has 110 valence electrons. The summed E-state index contributed by atoms with van der Waals surface area (Å²) in [6.45, 7) is 5.75. The summed E-state index contributed by atoms with van der Waals surface area (Å²) in [4.78, 5) is 23.0. The number of halogens is 1. The van der Waals surface area contributed by atoms with E-state index in [0.29, 0.717) is 12.2 Å². The molecular formula is C15H20ClNO3. The van der Waals surface area contributed by atoms with Crippen molar-refractivity contribution < 1.29 is 14.3 Å². The van der Waals surface area contributed by atoms with Gasteiger partial charge in [-0.15, -0.1) is 0 Å². The summed E-state index contributed by atoms with van der Waals surface area (Å²) in [7, 11) is 0. The lowest BCUT2D eigenvalue weighted by Crippen LogP contribution is -2.42. The fourth-order valence-electron chi connectivity index (χ4n) is 1.70. The molecule has 0 bridgehead atoms. The Hall–Kier alpha value is -1.55. The molecule has 0 aliphatic heterocycles. The van der Waals surface area contributed by atoms with E-state index in [1.165, 1.54) is 0 Å². The Balaban J connectivity index is 2.45. The molecular weight excluding hydrogens is 278 g/mol. The zero-order valence-corrected chi connectivity index (χ0v) is 12.7. The molecule has 5 heteroatoms. The van der Waals surface area contributed by atoms with Crippen LogP contribution < -0.4 is 10.1 Å². The number of carbonyl (C=O) groups excluding carboxylic acids is 2. The molecule has 20 heavy (non-hydrogen) atoms. The van der Waals surface area contributed by atoms with Crippen LogP contribution in [0.4, 0.5) is 0 Å². The van der Waals surface area contributed by atoms with E-state index in [-0.39, 0.29) is 18.4 Å². The van der Waals surface area contributed by atoms with E-state index in [2.05, 4.69) is 5.32 Å². The third kappa shape index (κ3) is 6.06. The molecule has 0 saturated heterocycles. The number of benzene rings is 1. The van der Waals surface area contributed by atoms with Gasteiger partial charge in [0.15, 0.2) is 6.61 Å². The van der Waals surface area contributed by atoms with Crippen molar-refractivity contribution in [2.75, 3.05) is 6.61 Å². The smallest absolute Gasteiger partial charge is 0.258 e. The highest BCUT2D eigenvalue weighted by Crippen LogP contribution is 2.11. The van der Waals surface area contributed by atoms with Crippen LogP contribution in [0.5, 0.6) is 5.75 Å². The van der Waals surface area contributed by atoms with Gasteiger partial charge in [-0.1, -0.05) is 31.5 Å². The van der Waals surface area contributed by atoms with Crippen molar-refractivity contribution in [1.82, 2.24) is 5.32 Å².